The zero-order valence-corrected chi connectivity index (χ0v) is 20.1. The number of anilines is 1. The van der Waals surface area contributed by atoms with Crippen LogP contribution in [0, 0.1) is 0 Å². The number of aromatic nitrogens is 3. The van der Waals surface area contributed by atoms with Gasteiger partial charge in [-0.2, -0.15) is 0 Å². The molecule has 1 aromatic heterocycles. The Kier molecular flexibility index (Phi) is 7.86. The third kappa shape index (κ3) is 6.15. The number of rotatable bonds is 8. The van der Waals surface area contributed by atoms with Crippen molar-refractivity contribution in [1.82, 2.24) is 14.8 Å². The van der Waals surface area contributed by atoms with Crippen LogP contribution in [0.4, 0.5) is 5.69 Å². The summed E-state index contributed by atoms with van der Waals surface area (Å²) in [5.41, 5.74) is 2.00. The average Bonchev–Trinajstić information content (AvgIpc) is 3.10. The number of nitrogens with zero attached hydrogens (tertiary/aromatic N) is 3. The summed E-state index contributed by atoms with van der Waals surface area (Å²) in [6.45, 7) is 6.12. The van der Waals surface area contributed by atoms with Crippen molar-refractivity contribution in [2.24, 2.45) is 7.05 Å². The molecule has 2 aromatic carbocycles. The van der Waals surface area contributed by atoms with Crippen LogP contribution >= 0.6 is 35.0 Å². The molecule has 31 heavy (non-hydrogen) atoms. The Morgan fingerprint density at radius 2 is 1.84 bits per heavy atom. The second-order valence-corrected chi connectivity index (χ2v) is 9.13. The van der Waals surface area contributed by atoms with Crippen LogP contribution in [0.5, 0.6) is 5.75 Å². The van der Waals surface area contributed by atoms with Crippen molar-refractivity contribution >= 4 is 46.6 Å². The van der Waals surface area contributed by atoms with Gasteiger partial charge in [0.15, 0.2) is 17.1 Å². The molecule has 0 fully saturated rings. The Balaban J connectivity index is 1.58. The van der Waals surface area contributed by atoms with Crippen LogP contribution < -0.4 is 10.1 Å². The van der Waals surface area contributed by atoms with Crippen molar-refractivity contribution in [1.29, 1.82) is 0 Å². The third-order valence-corrected chi connectivity index (χ3v) is 6.19. The van der Waals surface area contributed by atoms with E-state index < -0.39 is 6.10 Å². The van der Waals surface area contributed by atoms with Gasteiger partial charge in [-0.3, -0.25) is 4.79 Å². The van der Waals surface area contributed by atoms with Crippen LogP contribution in [0.3, 0.4) is 0 Å². The summed E-state index contributed by atoms with van der Waals surface area (Å²) in [5.74, 6) is 1.64. The minimum absolute atomic E-state index is 0.109. The molecule has 9 heteroatoms. The van der Waals surface area contributed by atoms with Crippen molar-refractivity contribution in [3.8, 4) is 5.75 Å². The van der Waals surface area contributed by atoms with Crippen molar-refractivity contribution < 1.29 is 9.53 Å². The third-order valence-electron chi connectivity index (χ3n) is 4.62. The van der Waals surface area contributed by atoms with Crippen LogP contribution in [0.2, 0.25) is 10.0 Å². The van der Waals surface area contributed by atoms with Gasteiger partial charge in [0.2, 0.25) is 5.91 Å². The Hall–Kier alpha value is -2.22. The summed E-state index contributed by atoms with van der Waals surface area (Å²) >= 11 is 13.5. The molecule has 3 rings (SSSR count). The highest BCUT2D eigenvalue weighted by Gasteiger charge is 2.19. The van der Waals surface area contributed by atoms with Gasteiger partial charge in [-0.05, 0) is 42.7 Å². The number of halogens is 2. The van der Waals surface area contributed by atoms with Gasteiger partial charge in [-0.25, -0.2) is 0 Å². The van der Waals surface area contributed by atoms with Crippen LogP contribution in [0.15, 0.2) is 47.6 Å². The fraction of sp³-hybridized carbons (Fsp3) is 0.318. The van der Waals surface area contributed by atoms with Crippen molar-refractivity contribution in [3.63, 3.8) is 0 Å². The maximum absolute atomic E-state index is 12.3. The number of carbonyl (C=O) groups is 1. The summed E-state index contributed by atoms with van der Waals surface area (Å²) in [6, 6.07) is 12.9. The van der Waals surface area contributed by atoms with E-state index in [9.17, 15) is 4.79 Å². The summed E-state index contributed by atoms with van der Waals surface area (Å²) in [5, 5.41) is 12.9. The highest BCUT2D eigenvalue weighted by atomic mass is 35.5. The van der Waals surface area contributed by atoms with E-state index >= 15 is 0 Å². The Labute approximate surface area is 196 Å². The Morgan fingerprint density at radius 3 is 2.52 bits per heavy atom. The van der Waals surface area contributed by atoms with Gasteiger partial charge in [0.25, 0.3) is 0 Å². The molecule has 1 N–H and O–H groups in total. The van der Waals surface area contributed by atoms with Crippen molar-refractivity contribution in [2.75, 3.05) is 11.1 Å². The first-order chi connectivity index (χ1) is 14.7. The first-order valence-electron chi connectivity index (χ1n) is 9.78. The monoisotopic (exact) mass is 478 g/mol. The zero-order chi connectivity index (χ0) is 22.5. The fourth-order valence-electron chi connectivity index (χ4n) is 2.90. The molecule has 1 unspecified atom stereocenters. The lowest BCUT2D eigenvalue weighted by atomic mass is 10.0. The fourth-order valence-corrected chi connectivity index (χ4v) is 3.94. The standard InChI is InChI=1S/C22H24Cl2N4O2S/c1-13(2)15-5-8-17(9-6-15)25-20(29)12-31-22-27-26-21(28(22)4)14(3)30-19-11-16(23)7-10-18(19)24/h5-11,13-14H,12H2,1-4H3,(H,25,29). The molecule has 0 saturated heterocycles. The maximum Gasteiger partial charge on any atom is 0.234 e. The molecular weight excluding hydrogens is 455 g/mol. The number of nitrogens with one attached hydrogen (secondary N) is 1. The van der Waals surface area contributed by atoms with Crippen LogP contribution in [-0.2, 0) is 11.8 Å². The second-order valence-electron chi connectivity index (χ2n) is 7.35. The topological polar surface area (TPSA) is 69.0 Å². The molecule has 164 valence electrons. The van der Waals surface area contributed by atoms with Crippen molar-refractivity contribution in [2.45, 2.75) is 37.9 Å². The number of benzene rings is 2. The molecule has 1 atom stereocenters. The first-order valence-corrected chi connectivity index (χ1v) is 11.5. The average molecular weight is 479 g/mol. The molecule has 0 spiro atoms. The van der Waals surface area contributed by atoms with E-state index in [0.717, 1.165) is 5.69 Å². The number of ether oxygens (including phenoxy) is 1. The normalized spacial score (nSPS) is 12.1. The van der Waals surface area contributed by atoms with E-state index in [1.807, 2.05) is 38.2 Å². The van der Waals surface area contributed by atoms with E-state index in [1.54, 1.807) is 22.8 Å². The molecule has 0 bridgehead atoms. The lowest BCUT2D eigenvalue weighted by molar-refractivity contribution is -0.113. The molecule has 0 aliphatic rings. The molecular formula is C22H24Cl2N4O2S. The number of amides is 1. The Bertz CT molecular complexity index is 1050. The van der Waals surface area contributed by atoms with Crippen LogP contribution in [0.1, 0.15) is 44.2 Å². The summed E-state index contributed by atoms with van der Waals surface area (Å²) in [6.07, 6.45) is -0.406. The van der Waals surface area contributed by atoms with Crippen LogP contribution in [-0.4, -0.2) is 26.4 Å². The summed E-state index contributed by atoms with van der Waals surface area (Å²) < 4.78 is 7.71. The molecule has 0 saturated carbocycles. The van der Waals surface area contributed by atoms with Gasteiger partial charge in [-0.15, -0.1) is 10.2 Å². The highest BCUT2D eigenvalue weighted by molar-refractivity contribution is 7.99. The quantitative estimate of drug-likeness (QED) is 0.395. The summed E-state index contributed by atoms with van der Waals surface area (Å²) in [4.78, 5) is 12.3. The minimum Gasteiger partial charge on any atom is -0.481 e. The number of hydrogen-bond acceptors (Lipinski definition) is 5. The van der Waals surface area contributed by atoms with E-state index in [-0.39, 0.29) is 11.7 Å². The smallest absolute Gasteiger partial charge is 0.234 e. The molecule has 3 aromatic rings. The molecule has 1 heterocycles. The zero-order valence-electron chi connectivity index (χ0n) is 17.7. The highest BCUT2D eigenvalue weighted by Crippen LogP contribution is 2.31. The number of thioether (sulfide) groups is 1. The molecule has 0 aliphatic carbocycles. The predicted octanol–water partition coefficient (Wildman–Crippen LogP) is 6.12. The predicted molar refractivity (Wildman–Crippen MR) is 126 cm³/mol. The van der Waals surface area contributed by atoms with Gasteiger partial charge < -0.3 is 14.6 Å². The van der Waals surface area contributed by atoms with Gasteiger partial charge in [0, 0.05) is 23.8 Å². The molecule has 6 nitrogen and oxygen atoms in total. The van der Waals surface area contributed by atoms with Gasteiger partial charge >= 0.3 is 0 Å². The first kappa shape index (κ1) is 23.4. The van der Waals surface area contributed by atoms with E-state index in [2.05, 4.69) is 29.4 Å². The van der Waals surface area contributed by atoms with Gasteiger partial charge in [0.1, 0.15) is 5.75 Å². The SMILES string of the molecule is CC(C)c1ccc(NC(=O)CSc2nnc(C(C)Oc3cc(Cl)ccc3Cl)n2C)cc1. The molecule has 0 aliphatic heterocycles. The van der Waals surface area contributed by atoms with E-state index in [0.29, 0.717) is 32.7 Å². The van der Waals surface area contributed by atoms with Gasteiger partial charge in [-0.1, -0.05) is 60.9 Å². The lowest BCUT2D eigenvalue weighted by Crippen LogP contribution is -2.15. The minimum atomic E-state index is -0.406. The Morgan fingerprint density at radius 1 is 1.13 bits per heavy atom. The maximum atomic E-state index is 12.3. The lowest BCUT2D eigenvalue weighted by Gasteiger charge is -2.15. The molecule has 1 amide bonds. The number of carbonyl (C=O) groups excluding carboxylic acids is 1. The second kappa shape index (κ2) is 10.4. The van der Waals surface area contributed by atoms with Crippen molar-refractivity contribution in [3.05, 3.63) is 63.9 Å². The van der Waals surface area contributed by atoms with E-state index in [4.69, 9.17) is 27.9 Å². The number of hydrogen-bond donors (Lipinski definition) is 1. The largest absolute Gasteiger partial charge is 0.481 e. The van der Waals surface area contributed by atoms with Gasteiger partial charge in [0.05, 0.1) is 10.8 Å². The van der Waals surface area contributed by atoms with Crippen LogP contribution in [0.25, 0.3) is 0 Å². The van der Waals surface area contributed by atoms with E-state index in [1.165, 1.54) is 17.3 Å². The molecule has 0 radical (unpaired) electrons. The summed E-state index contributed by atoms with van der Waals surface area (Å²) in [7, 11) is 1.83.